The first-order valence-corrected chi connectivity index (χ1v) is 9.32. The Kier molecular flexibility index (Phi) is 5.25. The summed E-state index contributed by atoms with van der Waals surface area (Å²) in [6, 6.07) is 1.96. The molecule has 1 aliphatic rings. The van der Waals surface area contributed by atoms with Gasteiger partial charge in [0.15, 0.2) is 5.65 Å². The van der Waals surface area contributed by atoms with Crippen LogP contribution in [0.5, 0.6) is 0 Å². The molecule has 0 atom stereocenters. The fourth-order valence-electron chi connectivity index (χ4n) is 3.23. The summed E-state index contributed by atoms with van der Waals surface area (Å²) in [5.41, 5.74) is 2.08. The number of fused-ring (bicyclic) bond motifs is 1. The van der Waals surface area contributed by atoms with E-state index < -0.39 is 0 Å². The minimum atomic E-state index is -0.254. The lowest BCUT2D eigenvalue weighted by Gasteiger charge is -2.16. The molecular formula is C19H27N5O2. The smallest absolute Gasteiger partial charge is 0.252 e. The van der Waals surface area contributed by atoms with Crippen molar-refractivity contribution >= 4 is 22.8 Å². The topological polar surface area (TPSA) is 80.1 Å². The molecule has 7 heteroatoms. The third-order valence-electron chi connectivity index (χ3n) is 4.77. The Balaban J connectivity index is 1.87. The molecule has 3 rings (SSSR count). The predicted molar refractivity (Wildman–Crippen MR) is 100 cm³/mol. The highest BCUT2D eigenvalue weighted by Gasteiger charge is 2.21. The normalized spacial score (nSPS) is 14.6. The van der Waals surface area contributed by atoms with E-state index in [1.807, 2.05) is 38.4 Å². The average Bonchev–Trinajstić information content (AvgIpc) is 3.27. The Morgan fingerprint density at radius 2 is 1.88 bits per heavy atom. The van der Waals surface area contributed by atoms with E-state index in [2.05, 4.69) is 10.4 Å². The van der Waals surface area contributed by atoms with Gasteiger partial charge in [0.05, 0.1) is 23.7 Å². The third kappa shape index (κ3) is 3.57. The van der Waals surface area contributed by atoms with Gasteiger partial charge in [0.25, 0.3) is 5.91 Å². The minimum Gasteiger partial charge on any atom is -0.343 e. The highest BCUT2D eigenvalue weighted by Crippen LogP contribution is 2.24. The molecular weight excluding hydrogens is 330 g/mol. The zero-order valence-corrected chi connectivity index (χ0v) is 16.0. The van der Waals surface area contributed by atoms with Gasteiger partial charge in [-0.15, -0.1) is 0 Å². The van der Waals surface area contributed by atoms with Crippen LogP contribution >= 0.6 is 0 Å². The first-order chi connectivity index (χ1) is 12.4. The second kappa shape index (κ2) is 7.43. The number of hydrogen-bond acceptors (Lipinski definition) is 4. The van der Waals surface area contributed by atoms with E-state index >= 15 is 0 Å². The summed E-state index contributed by atoms with van der Waals surface area (Å²) < 4.78 is 1.83. The Morgan fingerprint density at radius 1 is 1.19 bits per heavy atom. The number of hydrogen-bond donors (Lipinski definition) is 1. The van der Waals surface area contributed by atoms with Crippen LogP contribution in [-0.4, -0.2) is 51.1 Å². The third-order valence-corrected chi connectivity index (χ3v) is 4.77. The minimum absolute atomic E-state index is 0.0249. The van der Waals surface area contributed by atoms with Crippen LogP contribution in [0.2, 0.25) is 0 Å². The van der Waals surface area contributed by atoms with Gasteiger partial charge < -0.3 is 10.2 Å². The van der Waals surface area contributed by atoms with Crippen molar-refractivity contribution in [3.63, 3.8) is 0 Å². The van der Waals surface area contributed by atoms with Gasteiger partial charge in [0.2, 0.25) is 5.91 Å². The molecule has 0 unspecified atom stereocenters. The van der Waals surface area contributed by atoms with Crippen LogP contribution in [0.15, 0.2) is 12.3 Å². The second-order valence-electron chi connectivity index (χ2n) is 7.44. The van der Waals surface area contributed by atoms with Crippen LogP contribution < -0.4 is 5.32 Å². The number of amides is 2. The van der Waals surface area contributed by atoms with Crippen LogP contribution in [0, 0.1) is 0 Å². The maximum absolute atomic E-state index is 12.8. The van der Waals surface area contributed by atoms with E-state index in [0.29, 0.717) is 16.6 Å². The Morgan fingerprint density at radius 3 is 2.50 bits per heavy atom. The van der Waals surface area contributed by atoms with Gasteiger partial charge in [-0.25, -0.2) is 9.67 Å². The van der Waals surface area contributed by atoms with Crippen molar-refractivity contribution in [2.24, 2.45) is 0 Å². The van der Waals surface area contributed by atoms with E-state index in [1.54, 1.807) is 11.1 Å². The summed E-state index contributed by atoms with van der Waals surface area (Å²) in [6.07, 6.45) is 3.76. The number of carbonyl (C=O) groups excluding carboxylic acids is 2. The number of nitrogens with one attached hydrogen (secondary N) is 1. The zero-order valence-electron chi connectivity index (χ0n) is 16.0. The number of aromatic nitrogens is 3. The number of rotatable bonds is 5. The van der Waals surface area contributed by atoms with E-state index in [-0.39, 0.29) is 30.3 Å². The van der Waals surface area contributed by atoms with Crippen LogP contribution in [0.1, 0.15) is 68.5 Å². The van der Waals surface area contributed by atoms with Gasteiger partial charge in [-0.05, 0) is 38.7 Å². The van der Waals surface area contributed by atoms with Gasteiger partial charge in [0, 0.05) is 24.8 Å². The quantitative estimate of drug-likeness (QED) is 0.891. The number of likely N-dealkylation sites (tertiary alicyclic amines) is 1. The average molecular weight is 357 g/mol. The lowest BCUT2D eigenvalue weighted by atomic mass is 10.0. The zero-order chi connectivity index (χ0) is 18.8. The Bertz CT molecular complexity index is 819. The van der Waals surface area contributed by atoms with Gasteiger partial charge >= 0.3 is 0 Å². The van der Waals surface area contributed by atoms with Crippen molar-refractivity contribution in [1.29, 1.82) is 0 Å². The highest BCUT2D eigenvalue weighted by molar-refractivity contribution is 6.06. The van der Waals surface area contributed by atoms with Crippen LogP contribution in [-0.2, 0) is 4.79 Å². The molecule has 0 spiro atoms. The second-order valence-corrected chi connectivity index (χ2v) is 7.44. The van der Waals surface area contributed by atoms with Crippen molar-refractivity contribution in [3.8, 4) is 0 Å². The summed E-state index contributed by atoms with van der Waals surface area (Å²) in [4.78, 5) is 31.5. The summed E-state index contributed by atoms with van der Waals surface area (Å²) in [5, 5.41) is 7.89. The molecule has 0 radical (unpaired) electrons. The predicted octanol–water partition coefficient (Wildman–Crippen LogP) is 2.49. The summed E-state index contributed by atoms with van der Waals surface area (Å²) >= 11 is 0. The molecule has 0 aliphatic carbocycles. The molecule has 1 aliphatic heterocycles. The molecule has 7 nitrogen and oxygen atoms in total. The van der Waals surface area contributed by atoms with Gasteiger partial charge in [-0.1, -0.05) is 13.8 Å². The highest BCUT2D eigenvalue weighted by atomic mass is 16.2. The standard InChI is InChI=1S/C19H27N5O2/c1-12(2)16-9-14(15-10-21-24(13(3)4)18(15)22-16)19(26)20-11-17(25)23-7-5-6-8-23/h9-10,12-13H,5-8,11H2,1-4H3,(H,20,26). The lowest BCUT2D eigenvalue weighted by Crippen LogP contribution is -2.38. The van der Waals surface area contributed by atoms with Crippen molar-refractivity contribution in [2.45, 2.75) is 52.5 Å². The van der Waals surface area contributed by atoms with E-state index in [9.17, 15) is 9.59 Å². The fourth-order valence-corrected chi connectivity index (χ4v) is 3.23. The molecule has 26 heavy (non-hydrogen) atoms. The maximum atomic E-state index is 12.8. The molecule has 1 N–H and O–H groups in total. The fraction of sp³-hybridized carbons (Fsp3) is 0.579. The molecule has 140 valence electrons. The largest absolute Gasteiger partial charge is 0.343 e. The molecule has 2 aromatic rings. The first-order valence-electron chi connectivity index (χ1n) is 9.32. The molecule has 0 bridgehead atoms. The van der Waals surface area contributed by atoms with E-state index in [0.717, 1.165) is 31.6 Å². The SMILES string of the molecule is CC(C)c1cc(C(=O)NCC(=O)N2CCCC2)c2cnn(C(C)C)c2n1. The van der Waals surface area contributed by atoms with Crippen LogP contribution in [0.4, 0.5) is 0 Å². The van der Waals surface area contributed by atoms with Gasteiger partial charge in [-0.3, -0.25) is 9.59 Å². The number of pyridine rings is 1. The van der Waals surface area contributed by atoms with E-state index in [4.69, 9.17) is 4.98 Å². The maximum Gasteiger partial charge on any atom is 0.252 e. The van der Waals surface area contributed by atoms with Crippen molar-refractivity contribution in [1.82, 2.24) is 25.0 Å². The number of carbonyl (C=O) groups is 2. The van der Waals surface area contributed by atoms with Crippen molar-refractivity contribution in [3.05, 3.63) is 23.5 Å². The summed E-state index contributed by atoms with van der Waals surface area (Å²) in [5.74, 6) is -0.0917. The molecule has 2 amide bonds. The Labute approximate surface area is 153 Å². The van der Waals surface area contributed by atoms with E-state index in [1.165, 1.54) is 0 Å². The summed E-state index contributed by atoms with van der Waals surface area (Å²) in [6.45, 7) is 9.75. The van der Waals surface area contributed by atoms with Gasteiger partial charge in [0.1, 0.15) is 0 Å². The van der Waals surface area contributed by atoms with Crippen LogP contribution in [0.3, 0.4) is 0 Å². The first kappa shape index (κ1) is 18.4. The van der Waals surface area contributed by atoms with Crippen LogP contribution in [0.25, 0.3) is 11.0 Å². The summed E-state index contributed by atoms with van der Waals surface area (Å²) in [7, 11) is 0. The molecule has 0 saturated carbocycles. The van der Waals surface area contributed by atoms with Crippen molar-refractivity contribution in [2.75, 3.05) is 19.6 Å². The monoisotopic (exact) mass is 357 g/mol. The molecule has 0 aromatic carbocycles. The van der Waals surface area contributed by atoms with Gasteiger partial charge in [-0.2, -0.15) is 5.10 Å². The molecule has 1 fully saturated rings. The van der Waals surface area contributed by atoms with Crippen molar-refractivity contribution < 1.29 is 9.59 Å². The molecule has 2 aromatic heterocycles. The lowest BCUT2D eigenvalue weighted by molar-refractivity contribution is -0.129. The molecule has 3 heterocycles. The Hall–Kier alpha value is -2.44. The number of nitrogens with zero attached hydrogens (tertiary/aromatic N) is 4. The molecule has 1 saturated heterocycles.